The standard InChI is InChI=1S/C54H80N4O14/c1-31-16-12-11-13-17-32(2)44(68-8)28-39-21-19-37(7)54(67,72-39)50(62)51(63)57-23-15-14-18-42(57)53(66)71-45(29-43(59)33(3)25-36(6)48(61)49(70-10)47(60)35(5)24-31)34(4)26-38-20-22-41(46(27-38)69-9)58-30-40(52(64)65)55-56-58/h11-13,16-17,25,30-31,33-35,37-39,41-42,44-46,48-49,61,67H,14-15,18-24,26-29H2,1-10H3,(H,64,65)/b13-11?,16-12+,32-17?,36-25+/t31-,33-,34-,35-,37-,38+,39+,41+,42+,44+,45+,46-,48-,49+,54-/m1/s1. The number of ketones is 3. The lowest BCUT2D eigenvalue weighted by molar-refractivity contribution is -0.265. The van der Waals surface area contributed by atoms with Crippen molar-refractivity contribution in [2.75, 3.05) is 27.9 Å². The number of fused-ring (bicyclic) bond motifs is 3. The second-order valence-electron chi connectivity index (χ2n) is 21.0. The lowest BCUT2D eigenvalue weighted by atomic mass is 9.77. The number of cyclic esters (lactones) is 1. The topological polar surface area (TPSA) is 243 Å². The number of nitrogens with zero attached hydrogens (tertiary/aromatic N) is 4. The second-order valence-corrected chi connectivity index (χ2v) is 21.0. The van der Waals surface area contributed by atoms with Crippen molar-refractivity contribution in [2.45, 2.75) is 180 Å². The number of carbonyl (C=O) groups is 6. The number of aliphatic hydroxyl groups is 2. The van der Waals surface area contributed by atoms with E-state index in [0.717, 1.165) is 5.57 Å². The molecule has 2 saturated heterocycles. The summed E-state index contributed by atoms with van der Waals surface area (Å²) in [4.78, 5) is 84.0. The zero-order chi connectivity index (χ0) is 53.0. The highest BCUT2D eigenvalue weighted by Gasteiger charge is 2.53. The van der Waals surface area contributed by atoms with Crippen LogP contribution in [0.15, 0.2) is 53.8 Å². The molecule has 5 rings (SSSR count). The molecular weight excluding hydrogens is 929 g/mol. The SMILES string of the molecule is CO[C@H]1C[C@@H]2CC[C@@H](C)[C@@](O)(O2)C(=O)C(=O)N2CCCC[C@H]2C(=O)O[C@H]([C@H](C)C[C@@H]2CC[C@H](n3cc(C(=O)O)nn3)[C@H](OC)C2)CC(=O)[C@H](C)/C=C(\C)[C@@H](O)[C@@H](OC)C(=O)[C@H](C)C[C@H](C)/C=C/C=CC=C1C. The lowest BCUT2D eigenvalue weighted by Gasteiger charge is -2.42. The van der Waals surface area contributed by atoms with Gasteiger partial charge in [0, 0.05) is 58.5 Å². The minimum Gasteiger partial charge on any atom is -0.476 e. The van der Waals surface area contributed by atoms with Crippen molar-refractivity contribution in [3.63, 3.8) is 0 Å². The molecule has 3 aliphatic heterocycles. The molecule has 0 unspecified atom stereocenters. The number of amides is 1. The van der Waals surface area contributed by atoms with Crippen LogP contribution in [0.1, 0.15) is 142 Å². The molecule has 3 N–H and O–H groups in total. The van der Waals surface area contributed by atoms with E-state index in [1.165, 1.54) is 22.9 Å². The van der Waals surface area contributed by atoms with E-state index in [-0.39, 0.29) is 60.6 Å². The van der Waals surface area contributed by atoms with Gasteiger partial charge in [0.05, 0.1) is 30.6 Å². The van der Waals surface area contributed by atoms with Crippen LogP contribution in [-0.4, -0.2) is 147 Å². The van der Waals surface area contributed by atoms with Gasteiger partial charge in [-0.25, -0.2) is 14.3 Å². The number of methoxy groups -OCH3 is 3. The normalized spacial score (nSPS) is 36.4. The van der Waals surface area contributed by atoms with E-state index in [1.54, 1.807) is 48.0 Å². The molecule has 0 spiro atoms. The molecule has 18 heteroatoms. The molecule has 4 heterocycles. The average molecular weight is 1010 g/mol. The number of aliphatic hydroxyl groups excluding tert-OH is 1. The van der Waals surface area contributed by atoms with Crippen molar-refractivity contribution in [1.82, 2.24) is 19.9 Å². The summed E-state index contributed by atoms with van der Waals surface area (Å²) < 4.78 is 31.3. The summed E-state index contributed by atoms with van der Waals surface area (Å²) in [6, 6.07) is -1.45. The van der Waals surface area contributed by atoms with Gasteiger partial charge in [-0.15, -0.1) is 5.10 Å². The minimum atomic E-state index is -2.46. The van der Waals surface area contributed by atoms with Crippen molar-refractivity contribution >= 4 is 35.2 Å². The van der Waals surface area contributed by atoms with E-state index < -0.39 is 89.6 Å². The minimum absolute atomic E-state index is 0.000200. The fourth-order valence-electron chi connectivity index (χ4n) is 11.0. The Labute approximate surface area is 424 Å². The molecule has 15 atom stereocenters. The van der Waals surface area contributed by atoms with Gasteiger partial charge in [0.2, 0.25) is 5.79 Å². The third-order valence-corrected chi connectivity index (χ3v) is 15.5. The first-order valence-corrected chi connectivity index (χ1v) is 25.8. The number of allylic oxidation sites excluding steroid dienone is 6. The number of hydrogen-bond donors (Lipinski definition) is 3. The predicted molar refractivity (Wildman–Crippen MR) is 265 cm³/mol. The number of hydrogen-bond acceptors (Lipinski definition) is 15. The third-order valence-electron chi connectivity index (χ3n) is 15.5. The Balaban J connectivity index is 1.46. The molecule has 4 aliphatic rings. The number of piperidine rings is 1. The Kier molecular flexibility index (Phi) is 21.4. The van der Waals surface area contributed by atoms with Crippen LogP contribution in [0.4, 0.5) is 0 Å². The Morgan fingerprint density at radius 1 is 0.903 bits per heavy atom. The monoisotopic (exact) mass is 1010 g/mol. The van der Waals surface area contributed by atoms with E-state index in [4.69, 9.17) is 23.7 Å². The molecule has 400 valence electrons. The summed E-state index contributed by atoms with van der Waals surface area (Å²) in [5.74, 6) is -9.56. The van der Waals surface area contributed by atoms with E-state index in [9.17, 15) is 44.1 Å². The van der Waals surface area contributed by atoms with Crippen LogP contribution in [0.5, 0.6) is 0 Å². The molecule has 1 aliphatic carbocycles. The molecule has 3 fully saturated rings. The van der Waals surface area contributed by atoms with Gasteiger partial charge in [-0.05, 0) is 107 Å². The van der Waals surface area contributed by atoms with Crippen LogP contribution in [0, 0.1) is 35.5 Å². The molecule has 72 heavy (non-hydrogen) atoms. The molecule has 1 aromatic rings. The Morgan fingerprint density at radius 3 is 2.31 bits per heavy atom. The molecule has 0 radical (unpaired) electrons. The predicted octanol–water partition coefficient (Wildman–Crippen LogP) is 6.35. The number of ether oxygens (including phenoxy) is 5. The van der Waals surface area contributed by atoms with Crippen molar-refractivity contribution in [3.05, 3.63) is 59.5 Å². The first-order chi connectivity index (χ1) is 34.1. The fraction of sp³-hybridized carbons (Fsp3) is 0.704. The van der Waals surface area contributed by atoms with E-state index in [2.05, 4.69) is 10.3 Å². The van der Waals surface area contributed by atoms with Crippen LogP contribution in [0.25, 0.3) is 0 Å². The van der Waals surface area contributed by atoms with Crippen LogP contribution >= 0.6 is 0 Å². The van der Waals surface area contributed by atoms with Gasteiger partial charge in [0.25, 0.3) is 11.7 Å². The molecular formula is C54H80N4O14. The van der Waals surface area contributed by atoms with Crippen LogP contribution in [0.2, 0.25) is 0 Å². The Bertz CT molecular complexity index is 2180. The Morgan fingerprint density at radius 2 is 1.64 bits per heavy atom. The maximum atomic E-state index is 14.5. The molecule has 0 aromatic carbocycles. The van der Waals surface area contributed by atoms with Crippen LogP contribution in [0.3, 0.4) is 0 Å². The fourth-order valence-corrected chi connectivity index (χ4v) is 11.0. The van der Waals surface area contributed by atoms with Gasteiger partial charge in [0.1, 0.15) is 30.1 Å². The summed E-state index contributed by atoms with van der Waals surface area (Å²) in [5.41, 5.74) is 1.05. The highest BCUT2D eigenvalue weighted by molar-refractivity contribution is 6.39. The highest BCUT2D eigenvalue weighted by atomic mass is 16.6. The number of aromatic nitrogens is 3. The number of carbonyl (C=O) groups excluding carboxylic acids is 5. The van der Waals surface area contributed by atoms with Gasteiger partial charge >= 0.3 is 11.9 Å². The number of carboxylic acids is 1. The number of Topliss-reactive ketones (excluding diaryl/α,β-unsaturated/α-hetero) is 3. The zero-order valence-electron chi connectivity index (χ0n) is 43.9. The first-order valence-electron chi connectivity index (χ1n) is 25.8. The quantitative estimate of drug-likeness (QED) is 0.146. The molecule has 1 aromatic heterocycles. The van der Waals surface area contributed by atoms with Crippen molar-refractivity contribution in [3.8, 4) is 0 Å². The van der Waals surface area contributed by atoms with Gasteiger partial charge < -0.3 is 43.9 Å². The van der Waals surface area contributed by atoms with Gasteiger partial charge in [-0.1, -0.05) is 76.3 Å². The van der Waals surface area contributed by atoms with E-state index >= 15 is 0 Å². The number of aromatic carboxylic acids is 1. The summed E-state index contributed by atoms with van der Waals surface area (Å²) in [6.45, 7) is 12.6. The molecule has 2 bridgehead atoms. The molecule has 18 nitrogen and oxygen atoms in total. The third kappa shape index (κ3) is 14.5. The first kappa shape index (κ1) is 58.2. The second kappa shape index (κ2) is 26.5. The zero-order valence-corrected chi connectivity index (χ0v) is 43.9. The van der Waals surface area contributed by atoms with Crippen molar-refractivity contribution in [1.29, 1.82) is 0 Å². The lowest BCUT2D eigenvalue weighted by Crippen LogP contribution is -2.61. The summed E-state index contributed by atoms with van der Waals surface area (Å²) in [7, 11) is 4.51. The summed E-state index contributed by atoms with van der Waals surface area (Å²) in [6.07, 6.45) is 12.6. The van der Waals surface area contributed by atoms with Crippen LogP contribution in [-0.2, 0) is 47.7 Å². The number of carboxylic acid groups (broad SMARTS) is 1. The van der Waals surface area contributed by atoms with Crippen molar-refractivity contribution < 1.29 is 67.8 Å². The molecule has 1 amide bonds. The highest BCUT2D eigenvalue weighted by Crippen LogP contribution is 2.40. The largest absolute Gasteiger partial charge is 0.476 e. The van der Waals surface area contributed by atoms with Gasteiger partial charge in [-0.2, -0.15) is 0 Å². The summed E-state index contributed by atoms with van der Waals surface area (Å²) in [5, 5.41) is 40.8. The molecule has 1 saturated carbocycles. The smallest absolute Gasteiger partial charge is 0.358 e. The summed E-state index contributed by atoms with van der Waals surface area (Å²) >= 11 is 0. The van der Waals surface area contributed by atoms with Gasteiger partial charge in [0.15, 0.2) is 11.5 Å². The average Bonchev–Trinajstić information content (AvgIpc) is 3.86. The van der Waals surface area contributed by atoms with Gasteiger partial charge in [-0.3, -0.25) is 19.2 Å². The van der Waals surface area contributed by atoms with Crippen LogP contribution < -0.4 is 0 Å². The Hall–Kier alpha value is -4.72. The maximum Gasteiger partial charge on any atom is 0.358 e. The van der Waals surface area contributed by atoms with Crippen molar-refractivity contribution in [2.24, 2.45) is 35.5 Å². The maximum absolute atomic E-state index is 14.5. The van der Waals surface area contributed by atoms with E-state index in [1.807, 2.05) is 51.2 Å². The number of esters is 1. The van der Waals surface area contributed by atoms with E-state index in [0.29, 0.717) is 69.8 Å². The number of rotatable bonds is 8.